The minimum Gasteiger partial charge on any atom is -0.348 e. The Hall–Kier alpha value is -1.54. The molecule has 3 rings (SSSR count). The summed E-state index contributed by atoms with van der Waals surface area (Å²) < 4.78 is 53.0. The van der Waals surface area contributed by atoms with Gasteiger partial charge in [0.1, 0.15) is 0 Å². The molecular weight excluding hydrogens is 338 g/mol. The summed E-state index contributed by atoms with van der Waals surface area (Å²) in [5.41, 5.74) is 0.813. The Labute approximate surface area is 139 Å². The molecule has 1 amide bonds. The first-order valence-electron chi connectivity index (χ1n) is 7.96. The van der Waals surface area contributed by atoms with E-state index in [2.05, 4.69) is 10.0 Å². The highest BCUT2D eigenvalue weighted by Gasteiger charge is 2.47. The van der Waals surface area contributed by atoms with E-state index >= 15 is 0 Å². The molecule has 2 fully saturated rings. The first kappa shape index (κ1) is 17.3. The molecule has 0 spiro atoms. The minimum atomic E-state index is -3.68. The molecule has 132 valence electrons. The zero-order valence-electron chi connectivity index (χ0n) is 13.0. The third-order valence-electron chi connectivity index (χ3n) is 4.52. The first-order valence-corrected chi connectivity index (χ1v) is 9.61. The standard InChI is InChI=1S/C16H20F2N2O3S/c17-16(18)8-11(9-16)10-24(22,23)20-13-6-7-14(21)19-15(13)12-4-2-1-3-5-12/h1-5,11,13,15,20H,6-10H2,(H,19,21)/t13-,15+/m1/s1. The molecule has 2 aliphatic rings. The van der Waals surface area contributed by atoms with Crippen LogP contribution >= 0.6 is 0 Å². The molecule has 0 radical (unpaired) electrons. The molecule has 1 saturated heterocycles. The summed E-state index contributed by atoms with van der Waals surface area (Å²) in [7, 11) is -3.68. The van der Waals surface area contributed by atoms with Crippen LogP contribution in [0.25, 0.3) is 0 Å². The van der Waals surface area contributed by atoms with Gasteiger partial charge in [-0.3, -0.25) is 4.79 Å². The first-order chi connectivity index (χ1) is 11.2. The van der Waals surface area contributed by atoms with Crippen LogP contribution in [-0.2, 0) is 14.8 Å². The van der Waals surface area contributed by atoms with E-state index in [9.17, 15) is 22.0 Å². The summed E-state index contributed by atoms with van der Waals surface area (Å²) in [6.45, 7) is 0. The smallest absolute Gasteiger partial charge is 0.248 e. The van der Waals surface area contributed by atoms with Crippen molar-refractivity contribution >= 4 is 15.9 Å². The summed E-state index contributed by atoms with van der Waals surface area (Å²) in [4.78, 5) is 11.7. The van der Waals surface area contributed by atoms with Gasteiger partial charge in [0, 0.05) is 25.3 Å². The molecule has 0 aromatic heterocycles. The molecule has 0 bridgehead atoms. The molecule has 24 heavy (non-hydrogen) atoms. The van der Waals surface area contributed by atoms with E-state index in [-0.39, 0.29) is 30.9 Å². The number of rotatable bonds is 5. The second kappa shape index (κ2) is 6.40. The van der Waals surface area contributed by atoms with Crippen molar-refractivity contribution < 1.29 is 22.0 Å². The number of amides is 1. The number of nitrogens with one attached hydrogen (secondary N) is 2. The molecule has 2 atom stereocenters. The zero-order chi connectivity index (χ0) is 17.4. The normalized spacial score (nSPS) is 27.3. The van der Waals surface area contributed by atoms with Gasteiger partial charge in [-0.25, -0.2) is 21.9 Å². The molecule has 1 aliphatic heterocycles. The Bertz CT molecular complexity index is 701. The van der Waals surface area contributed by atoms with Gasteiger partial charge in [0.25, 0.3) is 0 Å². The Balaban J connectivity index is 1.68. The van der Waals surface area contributed by atoms with Crippen LogP contribution in [0.15, 0.2) is 30.3 Å². The van der Waals surface area contributed by atoms with E-state index in [1.165, 1.54) is 0 Å². The second-order valence-electron chi connectivity index (χ2n) is 6.63. The lowest BCUT2D eigenvalue weighted by Gasteiger charge is -2.36. The Kier molecular flexibility index (Phi) is 4.61. The fourth-order valence-electron chi connectivity index (χ4n) is 3.39. The van der Waals surface area contributed by atoms with Crippen LogP contribution in [0.3, 0.4) is 0 Å². The number of hydrogen-bond donors (Lipinski definition) is 2. The van der Waals surface area contributed by atoms with Crippen LogP contribution in [0.2, 0.25) is 0 Å². The van der Waals surface area contributed by atoms with Crippen molar-refractivity contribution in [3.8, 4) is 0 Å². The van der Waals surface area contributed by atoms with Crippen LogP contribution in [0, 0.1) is 5.92 Å². The topological polar surface area (TPSA) is 75.3 Å². The number of piperidine rings is 1. The number of benzene rings is 1. The van der Waals surface area contributed by atoms with E-state index in [4.69, 9.17) is 0 Å². The summed E-state index contributed by atoms with van der Waals surface area (Å²) in [6, 6.07) is 8.19. The van der Waals surface area contributed by atoms with Crippen LogP contribution in [-0.4, -0.2) is 32.0 Å². The Morgan fingerprint density at radius 2 is 1.88 bits per heavy atom. The third kappa shape index (κ3) is 4.10. The molecule has 2 N–H and O–H groups in total. The van der Waals surface area contributed by atoms with Crippen molar-refractivity contribution in [2.75, 3.05) is 5.75 Å². The van der Waals surface area contributed by atoms with Crippen molar-refractivity contribution in [1.82, 2.24) is 10.0 Å². The monoisotopic (exact) mass is 358 g/mol. The number of carbonyl (C=O) groups excluding carboxylic acids is 1. The van der Waals surface area contributed by atoms with Crippen molar-refractivity contribution in [2.24, 2.45) is 5.92 Å². The molecule has 1 heterocycles. The molecule has 5 nitrogen and oxygen atoms in total. The highest BCUT2D eigenvalue weighted by Crippen LogP contribution is 2.42. The van der Waals surface area contributed by atoms with Crippen molar-refractivity contribution in [3.63, 3.8) is 0 Å². The summed E-state index contributed by atoms with van der Waals surface area (Å²) in [5.74, 6) is -3.66. The predicted molar refractivity (Wildman–Crippen MR) is 84.9 cm³/mol. The minimum absolute atomic E-state index is 0.127. The SMILES string of the molecule is O=C1CC[C@@H](NS(=O)(=O)CC2CC(F)(F)C2)[C@H](c2ccccc2)N1. The number of halogens is 2. The average molecular weight is 358 g/mol. The molecule has 1 aliphatic carbocycles. The maximum atomic E-state index is 12.9. The van der Waals surface area contributed by atoms with Gasteiger partial charge >= 0.3 is 0 Å². The van der Waals surface area contributed by atoms with Crippen LogP contribution < -0.4 is 10.0 Å². The fourth-order valence-corrected chi connectivity index (χ4v) is 5.06. The highest BCUT2D eigenvalue weighted by molar-refractivity contribution is 7.89. The van der Waals surface area contributed by atoms with Gasteiger partial charge in [0.2, 0.25) is 21.9 Å². The second-order valence-corrected chi connectivity index (χ2v) is 8.43. The van der Waals surface area contributed by atoms with Crippen molar-refractivity contribution in [1.29, 1.82) is 0 Å². The number of carbonyl (C=O) groups is 1. The lowest BCUT2D eigenvalue weighted by molar-refractivity contribution is -0.123. The number of sulfonamides is 1. The van der Waals surface area contributed by atoms with Crippen LogP contribution in [0.5, 0.6) is 0 Å². The lowest BCUT2D eigenvalue weighted by atomic mass is 9.83. The molecule has 1 aromatic carbocycles. The molecule has 8 heteroatoms. The number of alkyl halides is 2. The van der Waals surface area contributed by atoms with Crippen LogP contribution in [0.1, 0.15) is 37.3 Å². The van der Waals surface area contributed by atoms with Gasteiger partial charge in [-0.2, -0.15) is 0 Å². The fraction of sp³-hybridized carbons (Fsp3) is 0.562. The van der Waals surface area contributed by atoms with Gasteiger partial charge in [0.15, 0.2) is 0 Å². The van der Waals surface area contributed by atoms with Crippen molar-refractivity contribution in [3.05, 3.63) is 35.9 Å². The van der Waals surface area contributed by atoms with E-state index < -0.39 is 33.9 Å². The quantitative estimate of drug-likeness (QED) is 0.845. The summed E-state index contributed by atoms with van der Waals surface area (Å²) in [6.07, 6.45) is -0.141. The molecule has 1 saturated carbocycles. The average Bonchev–Trinajstić information content (AvgIpc) is 2.47. The van der Waals surface area contributed by atoms with E-state index in [1.807, 2.05) is 30.3 Å². The van der Waals surface area contributed by atoms with Gasteiger partial charge in [-0.05, 0) is 17.9 Å². The lowest BCUT2D eigenvalue weighted by Crippen LogP contribution is -2.51. The molecule has 0 unspecified atom stereocenters. The maximum absolute atomic E-state index is 12.9. The largest absolute Gasteiger partial charge is 0.348 e. The zero-order valence-corrected chi connectivity index (χ0v) is 13.9. The summed E-state index contributed by atoms with van der Waals surface area (Å²) in [5, 5.41) is 2.81. The highest BCUT2D eigenvalue weighted by atomic mass is 32.2. The Morgan fingerprint density at radius 1 is 1.21 bits per heavy atom. The van der Waals surface area contributed by atoms with Gasteiger partial charge in [-0.1, -0.05) is 30.3 Å². The van der Waals surface area contributed by atoms with Crippen molar-refractivity contribution in [2.45, 2.75) is 43.7 Å². The van der Waals surface area contributed by atoms with Gasteiger partial charge in [0.05, 0.1) is 11.8 Å². The van der Waals surface area contributed by atoms with Gasteiger partial charge < -0.3 is 5.32 Å². The third-order valence-corrected chi connectivity index (χ3v) is 6.09. The van der Waals surface area contributed by atoms with Crippen LogP contribution in [0.4, 0.5) is 8.78 Å². The van der Waals surface area contributed by atoms with E-state index in [0.717, 1.165) is 5.56 Å². The predicted octanol–water partition coefficient (Wildman–Crippen LogP) is 1.97. The summed E-state index contributed by atoms with van der Waals surface area (Å²) >= 11 is 0. The van der Waals surface area contributed by atoms with E-state index in [0.29, 0.717) is 6.42 Å². The Morgan fingerprint density at radius 3 is 2.50 bits per heavy atom. The maximum Gasteiger partial charge on any atom is 0.248 e. The molecular formula is C16H20F2N2O3S. The number of hydrogen-bond acceptors (Lipinski definition) is 3. The molecule has 1 aromatic rings. The van der Waals surface area contributed by atoms with Gasteiger partial charge in [-0.15, -0.1) is 0 Å². The van der Waals surface area contributed by atoms with E-state index in [1.54, 1.807) is 0 Å².